The zero-order chi connectivity index (χ0) is 24.9. The van der Waals surface area contributed by atoms with Gasteiger partial charge in [0.2, 0.25) is 0 Å². The van der Waals surface area contributed by atoms with Crippen LogP contribution in [0.3, 0.4) is 0 Å². The molecule has 0 saturated heterocycles. The molecule has 36 heavy (non-hydrogen) atoms. The number of anilines is 5. The van der Waals surface area contributed by atoms with Gasteiger partial charge in [-0.1, -0.05) is 24.3 Å². The highest BCUT2D eigenvalue weighted by Crippen LogP contribution is 2.27. The third-order valence-electron chi connectivity index (χ3n) is 5.55. The number of carbonyl (C=O) groups excluding carboxylic acids is 1. The SMILES string of the molecule is N#Cc1ccc2nccc(Nc3cccc(C(=O)Nc4cc(Nc5ccccc5)ccc4F)c3)c2c1. The summed E-state index contributed by atoms with van der Waals surface area (Å²) in [6.07, 6.45) is 1.67. The van der Waals surface area contributed by atoms with Crippen LogP contribution in [0.2, 0.25) is 0 Å². The van der Waals surface area contributed by atoms with Gasteiger partial charge in [0.25, 0.3) is 5.91 Å². The number of hydrogen-bond donors (Lipinski definition) is 3. The number of para-hydroxylation sites is 1. The van der Waals surface area contributed by atoms with Crippen LogP contribution in [-0.4, -0.2) is 10.9 Å². The van der Waals surface area contributed by atoms with Crippen molar-refractivity contribution in [3.05, 3.63) is 120 Å². The number of rotatable bonds is 6. The second kappa shape index (κ2) is 9.95. The van der Waals surface area contributed by atoms with Crippen molar-refractivity contribution in [2.24, 2.45) is 0 Å². The Balaban J connectivity index is 1.36. The average Bonchev–Trinajstić information content (AvgIpc) is 2.91. The molecular weight excluding hydrogens is 453 g/mol. The standard InChI is InChI=1S/C29H20FN5O/c30-25-11-10-23(33-21-6-2-1-3-7-21)17-28(25)35-29(36)20-5-4-8-22(16-20)34-27-13-14-32-26-12-9-19(18-31)15-24(26)27/h1-17,33H,(H,32,34)(H,35,36). The summed E-state index contributed by atoms with van der Waals surface area (Å²) in [6.45, 7) is 0. The minimum Gasteiger partial charge on any atom is -0.355 e. The van der Waals surface area contributed by atoms with Gasteiger partial charge in [-0.3, -0.25) is 9.78 Å². The molecular formula is C29H20FN5O. The number of pyridine rings is 1. The molecule has 1 aromatic heterocycles. The summed E-state index contributed by atoms with van der Waals surface area (Å²) in [5.74, 6) is -0.978. The molecule has 5 aromatic rings. The van der Waals surface area contributed by atoms with Crippen LogP contribution >= 0.6 is 0 Å². The number of nitriles is 1. The van der Waals surface area contributed by atoms with Crippen molar-refractivity contribution in [1.29, 1.82) is 5.26 Å². The van der Waals surface area contributed by atoms with E-state index in [1.165, 1.54) is 6.07 Å². The molecule has 4 aromatic carbocycles. The van der Waals surface area contributed by atoms with Crippen LogP contribution in [0.4, 0.5) is 32.8 Å². The van der Waals surface area contributed by atoms with Crippen molar-refractivity contribution in [2.45, 2.75) is 0 Å². The number of fused-ring (bicyclic) bond motifs is 1. The molecule has 0 bridgehead atoms. The summed E-state index contributed by atoms with van der Waals surface area (Å²) >= 11 is 0. The maximum Gasteiger partial charge on any atom is 0.255 e. The van der Waals surface area contributed by atoms with Crippen LogP contribution < -0.4 is 16.0 Å². The first kappa shape index (κ1) is 22.6. The summed E-state index contributed by atoms with van der Waals surface area (Å²) in [6, 6.07) is 30.1. The molecule has 7 heteroatoms. The fourth-order valence-electron chi connectivity index (χ4n) is 3.80. The largest absolute Gasteiger partial charge is 0.355 e. The zero-order valence-electron chi connectivity index (χ0n) is 19.0. The number of halogens is 1. The molecule has 6 nitrogen and oxygen atoms in total. The highest BCUT2D eigenvalue weighted by atomic mass is 19.1. The molecule has 0 unspecified atom stereocenters. The Kier molecular flexibility index (Phi) is 6.24. The summed E-state index contributed by atoms with van der Waals surface area (Å²) in [5, 5.41) is 19.2. The first-order valence-corrected chi connectivity index (χ1v) is 11.2. The summed E-state index contributed by atoms with van der Waals surface area (Å²) in [4.78, 5) is 17.3. The molecule has 0 saturated carbocycles. The number of nitrogens with zero attached hydrogens (tertiary/aromatic N) is 2. The Morgan fingerprint density at radius 1 is 0.778 bits per heavy atom. The van der Waals surface area contributed by atoms with Gasteiger partial charge in [-0.25, -0.2) is 4.39 Å². The number of nitrogens with one attached hydrogen (secondary N) is 3. The molecule has 0 aliphatic rings. The van der Waals surface area contributed by atoms with Crippen molar-refractivity contribution >= 4 is 45.2 Å². The zero-order valence-corrected chi connectivity index (χ0v) is 19.0. The van der Waals surface area contributed by atoms with E-state index in [-0.39, 0.29) is 5.69 Å². The number of aromatic nitrogens is 1. The third-order valence-corrected chi connectivity index (χ3v) is 5.55. The minimum atomic E-state index is -0.534. The van der Waals surface area contributed by atoms with E-state index in [1.807, 2.05) is 36.4 Å². The van der Waals surface area contributed by atoms with Crippen LogP contribution in [-0.2, 0) is 0 Å². The summed E-state index contributed by atoms with van der Waals surface area (Å²) in [5.41, 5.74) is 4.61. The Hall–Kier alpha value is -5.22. The van der Waals surface area contributed by atoms with E-state index in [0.29, 0.717) is 22.5 Å². The van der Waals surface area contributed by atoms with Crippen molar-refractivity contribution < 1.29 is 9.18 Å². The predicted octanol–water partition coefficient (Wildman–Crippen LogP) is 6.99. The van der Waals surface area contributed by atoms with E-state index < -0.39 is 11.7 Å². The van der Waals surface area contributed by atoms with E-state index in [0.717, 1.165) is 22.3 Å². The van der Waals surface area contributed by atoms with Crippen LogP contribution in [0.25, 0.3) is 10.9 Å². The van der Waals surface area contributed by atoms with Crippen LogP contribution in [0.5, 0.6) is 0 Å². The molecule has 0 aliphatic carbocycles. The lowest BCUT2D eigenvalue weighted by Crippen LogP contribution is -2.13. The van der Waals surface area contributed by atoms with Gasteiger partial charge in [-0.2, -0.15) is 5.26 Å². The Labute approximate surface area is 207 Å². The van der Waals surface area contributed by atoms with Crippen molar-refractivity contribution in [3.8, 4) is 6.07 Å². The van der Waals surface area contributed by atoms with Crippen LogP contribution in [0.15, 0.2) is 103 Å². The molecule has 0 radical (unpaired) electrons. The van der Waals surface area contributed by atoms with Crippen molar-refractivity contribution in [1.82, 2.24) is 4.98 Å². The monoisotopic (exact) mass is 473 g/mol. The van der Waals surface area contributed by atoms with Crippen LogP contribution in [0, 0.1) is 17.1 Å². The fourth-order valence-corrected chi connectivity index (χ4v) is 3.80. The quantitative estimate of drug-likeness (QED) is 0.247. The minimum absolute atomic E-state index is 0.0726. The van der Waals surface area contributed by atoms with E-state index >= 15 is 0 Å². The number of hydrogen-bond acceptors (Lipinski definition) is 5. The molecule has 3 N–H and O–H groups in total. The van der Waals surface area contributed by atoms with E-state index in [1.54, 1.807) is 60.8 Å². The Morgan fingerprint density at radius 3 is 2.42 bits per heavy atom. The molecule has 5 rings (SSSR count). The molecule has 1 amide bonds. The molecule has 0 fully saturated rings. The molecule has 0 aliphatic heterocycles. The second-order valence-corrected chi connectivity index (χ2v) is 8.05. The topological polar surface area (TPSA) is 89.8 Å². The molecule has 174 valence electrons. The second-order valence-electron chi connectivity index (χ2n) is 8.05. The smallest absolute Gasteiger partial charge is 0.255 e. The summed E-state index contributed by atoms with van der Waals surface area (Å²) < 4.78 is 14.5. The fraction of sp³-hybridized carbons (Fsp3) is 0. The average molecular weight is 474 g/mol. The predicted molar refractivity (Wildman–Crippen MR) is 140 cm³/mol. The lowest BCUT2D eigenvalue weighted by atomic mass is 10.1. The van der Waals surface area contributed by atoms with E-state index in [9.17, 15) is 14.4 Å². The first-order chi connectivity index (χ1) is 17.6. The maximum absolute atomic E-state index is 14.5. The highest BCUT2D eigenvalue weighted by Gasteiger charge is 2.12. The van der Waals surface area contributed by atoms with Gasteiger partial charge in [-0.15, -0.1) is 0 Å². The van der Waals surface area contributed by atoms with E-state index in [2.05, 4.69) is 27.0 Å². The Bertz CT molecular complexity index is 1610. The third kappa shape index (κ3) is 4.98. The normalized spacial score (nSPS) is 10.4. The maximum atomic E-state index is 14.5. The number of benzene rings is 4. The van der Waals surface area contributed by atoms with Crippen molar-refractivity contribution in [2.75, 3.05) is 16.0 Å². The molecule has 0 atom stereocenters. The van der Waals surface area contributed by atoms with Gasteiger partial charge >= 0.3 is 0 Å². The lowest BCUT2D eigenvalue weighted by Gasteiger charge is -2.13. The molecule has 1 heterocycles. The summed E-state index contributed by atoms with van der Waals surface area (Å²) in [7, 11) is 0. The van der Waals surface area contributed by atoms with Gasteiger partial charge in [0, 0.05) is 39.9 Å². The highest BCUT2D eigenvalue weighted by molar-refractivity contribution is 6.05. The number of carbonyl (C=O) groups is 1. The van der Waals surface area contributed by atoms with Gasteiger partial charge in [-0.05, 0) is 72.8 Å². The van der Waals surface area contributed by atoms with E-state index in [4.69, 9.17) is 0 Å². The van der Waals surface area contributed by atoms with Gasteiger partial charge in [0.05, 0.1) is 22.8 Å². The van der Waals surface area contributed by atoms with Crippen molar-refractivity contribution in [3.63, 3.8) is 0 Å². The first-order valence-electron chi connectivity index (χ1n) is 11.2. The lowest BCUT2D eigenvalue weighted by molar-refractivity contribution is 0.102. The Morgan fingerprint density at radius 2 is 1.58 bits per heavy atom. The molecule has 0 spiro atoms. The van der Waals surface area contributed by atoms with Crippen LogP contribution in [0.1, 0.15) is 15.9 Å². The number of amides is 1. The van der Waals surface area contributed by atoms with Gasteiger partial charge in [0.15, 0.2) is 0 Å². The van der Waals surface area contributed by atoms with Gasteiger partial charge in [0.1, 0.15) is 5.82 Å². The van der Waals surface area contributed by atoms with Gasteiger partial charge < -0.3 is 16.0 Å².